The number of carbonyl (C=O) groups excluding carboxylic acids is 1. The summed E-state index contributed by atoms with van der Waals surface area (Å²) in [5.41, 5.74) is 3.69. The molecule has 1 unspecified atom stereocenters. The Morgan fingerprint density at radius 2 is 1.77 bits per heavy atom. The number of hydrogen-bond acceptors (Lipinski definition) is 8. The molecule has 1 fully saturated rings. The van der Waals surface area contributed by atoms with Gasteiger partial charge in [0.1, 0.15) is 11.4 Å². The number of aromatic nitrogens is 4. The second kappa shape index (κ2) is 15.9. The van der Waals surface area contributed by atoms with Crippen molar-refractivity contribution in [3.05, 3.63) is 77.2 Å². The summed E-state index contributed by atoms with van der Waals surface area (Å²) in [4.78, 5) is 23.0. The summed E-state index contributed by atoms with van der Waals surface area (Å²) >= 11 is 0. The van der Waals surface area contributed by atoms with Gasteiger partial charge < -0.3 is 25.2 Å². The highest BCUT2D eigenvalue weighted by Crippen LogP contribution is 2.41. The van der Waals surface area contributed by atoms with Gasteiger partial charge >= 0.3 is 6.18 Å². The fourth-order valence-electron chi connectivity index (χ4n) is 5.90. The summed E-state index contributed by atoms with van der Waals surface area (Å²) in [6, 6.07) is 11.3. The molecule has 3 heterocycles. The molecule has 2 aliphatic rings. The van der Waals surface area contributed by atoms with Gasteiger partial charge in [0.15, 0.2) is 0 Å². The second-order valence-corrected chi connectivity index (χ2v) is 12.6. The number of carbonyl (C=O) groups is 1. The highest BCUT2D eigenvalue weighted by Gasteiger charge is 2.37. The van der Waals surface area contributed by atoms with Crippen molar-refractivity contribution in [2.24, 2.45) is 0 Å². The lowest BCUT2D eigenvalue weighted by atomic mass is 9.95. The van der Waals surface area contributed by atoms with Gasteiger partial charge in [0, 0.05) is 65.4 Å². The quantitative estimate of drug-likeness (QED) is 0.114. The smallest absolute Gasteiger partial charge is 0.397 e. The van der Waals surface area contributed by atoms with Crippen molar-refractivity contribution in [1.82, 2.24) is 24.6 Å². The predicted molar refractivity (Wildman–Crippen MR) is 182 cm³/mol. The maximum absolute atomic E-state index is 14.1. The maximum atomic E-state index is 14.1. The normalized spacial score (nSPS) is 15.1. The number of benzene rings is 2. The third-order valence-electron chi connectivity index (χ3n) is 8.21. The van der Waals surface area contributed by atoms with Crippen LogP contribution in [0.3, 0.4) is 0 Å². The van der Waals surface area contributed by atoms with Crippen LogP contribution in [-0.4, -0.2) is 55.9 Å². The molecule has 3 N–H and O–H groups in total. The van der Waals surface area contributed by atoms with Crippen molar-refractivity contribution >= 4 is 37.9 Å². The molecule has 10 nitrogen and oxygen atoms in total. The van der Waals surface area contributed by atoms with Crippen LogP contribution in [0.1, 0.15) is 79.0 Å². The average molecular weight is 684 g/mol. The van der Waals surface area contributed by atoms with Crippen molar-refractivity contribution in [1.29, 1.82) is 0 Å². The molecule has 0 spiro atoms. The number of anilines is 4. The third kappa shape index (κ3) is 8.32. The molecular weight excluding hydrogens is 642 g/mol. The average Bonchev–Trinajstić information content (AvgIpc) is 3.67. The summed E-state index contributed by atoms with van der Waals surface area (Å²) in [6.07, 6.45) is 6.38. The summed E-state index contributed by atoms with van der Waals surface area (Å²) in [7, 11) is 2.04. The van der Waals surface area contributed by atoms with Crippen molar-refractivity contribution in [3.8, 4) is 11.1 Å². The van der Waals surface area contributed by atoms with E-state index in [1.165, 1.54) is 19.3 Å². The van der Waals surface area contributed by atoms with Gasteiger partial charge in [-0.05, 0) is 61.6 Å². The minimum absolute atomic E-state index is 0.0127. The Balaban J connectivity index is 0.00000145. The molecule has 1 aliphatic carbocycles. The Morgan fingerprint density at radius 1 is 1.04 bits per heavy atom. The molecule has 2 aromatic carbocycles. The van der Waals surface area contributed by atoms with E-state index in [1.807, 2.05) is 48.1 Å². The molecule has 1 aliphatic heterocycles. The monoisotopic (exact) mass is 683 g/mol. The number of rotatable bonds is 10. The van der Waals surface area contributed by atoms with E-state index in [-0.39, 0.29) is 24.1 Å². The topological polar surface area (TPSA) is 117 Å². The van der Waals surface area contributed by atoms with Gasteiger partial charge in [-0.25, -0.2) is 4.98 Å². The van der Waals surface area contributed by atoms with Crippen LogP contribution in [0.5, 0.6) is 0 Å². The molecule has 1 atom stereocenters. The number of nitrogens with zero attached hydrogens (tertiary/aromatic N) is 5. The largest absolute Gasteiger partial charge is 0.421 e. The van der Waals surface area contributed by atoms with Crippen molar-refractivity contribution in [2.45, 2.75) is 70.9 Å². The maximum Gasteiger partial charge on any atom is 0.421 e. The number of fused-ring (bicyclic) bond motifs is 1. The first-order valence-electron chi connectivity index (χ1n) is 16.1. The molecule has 48 heavy (non-hydrogen) atoms. The van der Waals surface area contributed by atoms with E-state index in [0.29, 0.717) is 39.3 Å². The van der Waals surface area contributed by atoms with Crippen LogP contribution < -0.4 is 10.6 Å². The number of alkyl halides is 3. The van der Waals surface area contributed by atoms with E-state index in [1.54, 1.807) is 31.1 Å². The molecule has 0 radical (unpaired) electrons. The lowest BCUT2D eigenvalue weighted by Gasteiger charge is -2.21. The van der Waals surface area contributed by atoms with Crippen LogP contribution in [0.15, 0.2) is 55.0 Å². The SMILES string of the molecule is CCO.CCOPCc1ccc(Nc2ncc(C(F)(F)F)c(Nc3ccc(-c4cnn(C5CCCCC5)c4)c4c3C(=O)N(C)C4)n2)cc1. The van der Waals surface area contributed by atoms with Gasteiger partial charge in [0.05, 0.1) is 23.5 Å². The zero-order chi connectivity index (χ0) is 34.3. The van der Waals surface area contributed by atoms with Crippen molar-refractivity contribution in [3.63, 3.8) is 0 Å². The van der Waals surface area contributed by atoms with Gasteiger partial charge in [-0.3, -0.25) is 9.48 Å². The minimum atomic E-state index is -4.72. The molecule has 4 aromatic rings. The molecule has 0 bridgehead atoms. The fraction of sp³-hybridized carbons (Fsp3) is 0.412. The Hall–Kier alpha value is -4.06. The number of nitrogens with one attached hydrogen (secondary N) is 2. The molecular formula is C34H41F3N7O3P. The third-order valence-corrected chi connectivity index (χ3v) is 9.26. The number of aliphatic hydroxyl groups is 1. The number of aliphatic hydroxyl groups excluding tert-OH is 1. The van der Waals surface area contributed by atoms with Gasteiger partial charge in [-0.2, -0.15) is 23.3 Å². The molecule has 1 saturated carbocycles. The van der Waals surface area contributed by atoms with Gasteiger partial charge in [-0.1, -0.05) is 37.5 Å². The fourth-order valence-corrected chi connectivity index (χ4v) is 6.61. The van der Waals surface area contributed by atoms with Gasteiger partial charge in [0.25, 0.3) is 5.91 Å². The van der Waals surface area contributed by atoms with Crippen LogP contribution in [0.4, 0.5) is 36.3 Å². The molecule has 2 aromatic heterocycles. The second-order valence-electron chi connectivity index (χ2n) is 11.6. The lowest BCUT2D eigenvalue weighted by molar-refractivity contribution is -0.137. The minimum Gasteiger partial charge on any atom is -0.397 e. The van der Waals surface area contributed by atoms with Crippen LogP contribution in [0, 0.1) is 0 Å². The van der Waals surface area contributed by atoms with Crippen LogP contribution >= 0.6 is 8.81 Å². The molecule has 0 saturated heterocycles. The first kappa shape index (κ1) is 35.3. The van der Waals surface area contributed by atoms with Crippen LogP contribution in [-0.2, 0) is 23.4 Å². The summed E-state index contributed by atoms with van der Waals surface area (Å²) < 4.78 is 49.7. The first-order chi connectivity index (χ1) is 23.1. The highest BCUT2D eigenvalue weighted by molar-refractivity contribution is 7.31. The summed E-state index contributed by atoms with van der Waals surface area (Å²) in [5.74, 6) is -0.738. The Bertz CT molecular complexity index is 1690. The number of hydrogen-bond donors (Lipinski definition) is 3. The molecule has 1 amide bonds. The van der Waals surface area contributed by atoms with Crippen molar-refractivity contribution < 1.29 is 27.6 Å². The number of halogens is 3. The van der Waals surface area contributed by atoms with Crippen LogP contribution in [0.25, 0.3) is 11.1 Å². The molecule has 256 valence electrons. The zero-order valence-corrected chi connectivity index (χ0v) is 28.3. The Morgan fingerprint density at radius 3 is 2.46 bits per heavy atom. The predicted octanol–water partition coefficient (Wildman–Crippen LogP) is 8.07. The standard InChI is InChI=1S/C32H35F3N7O2P.C2H6O/c1-3-44-45-19-20-9-11-22(12-10-20)38-31-36-16-26(32(33,34)35)29(40-31)39-27-14-13-24(25-18-41(2)30(43)28(25)27)21-15-37-42(17-21)23-7-5-4-6-8-23;1-2-3/h9-17,23,45H,3-8,18-19H2,1-2H3,(H2,36,38,39,40);3H,2H2,1H3. The Kier molecular flexibility index (Phi) is 11.7. The zero-order valence-electron chi connectivity index (χ0n) is 27.3. The molecule has 14 heteroatoms. The van der Waals surface area contributed by atoms with Crippen molar-refractivity contribution in [2.75, 3.05) is 30.9 Å². The van der Waals surface area contributed by atoms with Gasteiger partial charge in [0.2, 0.25) is 5.95 Å². The van der Waals surface area contributed by atoms with E-state index < -0.39 is 17.6 Å². The van der Waals surface area contributed by atoms with E-state index in [0.717, 1.165) is 47.5 Å². The van der Waals surface area contributed by atoms with Gasteiger partial charge in [-0.15, -0.1) is 0 Å². The van der Waals surface area contributed by atoms with E-state index in [9.17, 15) is 18.0 Å². The lowest BCUT2D eigenvalue weighted by Crippen LogP contribution is -2.18. The first-order valence-corrected chi connectivity index (χ1v) is 17.2. The van der Waals surface area contributed by atoms with E-state index >= 15 is 0 Å². The van der Waals surface area contributed by atoms with Crippen LogP contribution in [0.2, 0.25) is 0 Å². The van der Waals surface area contributed by atoms with E-state index in [4.69, 9.17) is 9.63 Å². The van der Waals surface area contributed by atoms with E-state index in [2.05, 4.69) is 25.7 Å². The Labute approximate surface area is 280 Å². The number of amides is 1. The summed E-state index contributed by atoms with van der Waals surface area (Å²) in [6.45, 7) is 4.86. The highest BCUT2D eigenvalue weighted by atomic mass is 31.1. The molecule has 6 rings (SSSR count). The summed E-state index contributed by atoms with van der Waals surface area (Å²) in [5, 5.41) is 18.0.